The lowest BCUT2D eigenvalue weighted by Crippen LogP contribution is -2.50. The molecule has 0 bridgehead atoms. The number of carbonyl (C=O) groups is 2. The highest BCUT2D eigenvalue weighted by molar-refractivity contribution is 7.88. The molecule has 0 fully saturated rings. The SMILES string of the molecule is COC(=O)C(NS(=O)(=O)NC(=O)OC(C)C)C(C)C. The number of methoxy groups -OCH3 is 1. The molecule has 112 valence electrons. The highest BCUT2D eigenvalue weighted by Crippen LogP contribution is 2.05. The van der Waals surface area contributed by atoms with Crippen molar-refractivity contribution in [1.82, 2.24) is 9.44 Å². The first-order valence-electron chi connectivity index (χ1n) is 5.67. The van der Waals surface area contributed by atoms with Crippen molar-refractivity contribution in [2.24, 2.45) is 5.92 Å². The molecule has 0 aromatic rings. The fourth-order valence-corrected chi connectivity index (χ4v) is 2.16. The van der Waals surface area contributed by atoms with Crippen LogP contribution in [0, 0.1) is 5.92 Å². The van der Waals surface area contributed by atoms with Crippen LogP contribution in [0.25, 0.3) is 0 Å². The number of carbonyl (C=O) groups excluding carboxylic acids is 2. The second-order valence-corrected chi connectivity index (χ2v) is 5.87. The summed E-state index contributed by atoms with van der Waals surface area (Å²) in [5, 5.41) is 0. The lowest BCUT2D eigenvalue weighted by molar-refractivity contribution is -0.143. The molecule has 0 rings (SSSR count). The Morgan fingerprint density at radius 2 is 1.63 bits per heavy atom. The van der Waals surface area contributed by atoms with Crippen LogP contribution >= 0.6 is 0 Å². The van der Waals surface area contributed by atoms with Gasteiger partial charge in [0.2, 0.25) is 0 Å². The van der Waals surface area contributed by atoms with Crippen molar-refractivity contribution in [3.05, 3.63) is 0 Å². The zero-order valence-corrected chi connectivity index (χ0v) is 12.4. The molecule has 0 saturated carbocycles. The summed E-state index contributed by atoms with van der Waals surface area (Å²) in [5.74, 6) is -1.08. The monoisotopic (exact) mass is 296 g/mol. The molecule has 1 atom stereocenters. The molecule has 0 aromatic carbocycles. The van der Waals surface area contributed by atoms with Gasteiger partial charge < -0.3 is 9.47 Å². The fourth-order valence-electron chi connectivity index (χ4n) is 1.13. The first kappa shape index (κ1) is 17.6. The molecule has 0 radical (unpaired) electrons. The van der Waals surface area contributed by atoms with E-state index in [2.05, 4.69) is 9.47 Å². The molecular formula is C10H20N2O6S. The summed E-state index contributed by atoms with van der Waals surface area (Å²) in [4.78, 5) is 22.6. The molecule has 1 unspecified atom stereocenters. The number of rotatable bonds is 6. The molecule has 1 amide bonds. The second-order valence-electron chi connectivity index (χ2n) is 4.42. The fraction of sp³-hybridized carbons (Fsp3) is 0.800. The molecule has 0 aromatic heterocycles. The van der Waals surface area contributed by atoms with E-state index in [0.717, 1.165) is 7.11 Å². The summed E-state index contributed by atoms with van der Waals surface area (Å²) in [7, 11) is -3.06. The molecule has 8 nitrogen and oxygen atoms in total. The second kappa shape index (κ2) is 7.29. The number of ether oxygens (including phenoxy) is 2. The molecule has 9 heteroatoms. The van der Waals surface area contributed by atoms with Crippen LogP contribution in [-0.4, -0.2) is 39.7 Å². The van der Waals surface area contributed by atoms with Crippen LogP contribution in [0.5, 0.6) is 0 Å². The van der Waals surface area contributed by atoms with Crippen LogP contribution in [0.3, 0.4) is 0 Å². The Morgan fingerprint density at radius 1 is 1.11 bits per heavy atom. The van der Waals surface area contributed by atoms with Gasteiger partial charge in [-0.2, -0.15) is 13.1 Å². The molecule has 0 aliphatic rings. The summed E-state index contributed by atoms with van der Waals surface area (Å²) < 4.78 is 36.0. The van der Waals surface area contributed by atoms with Crippen molar-refractivity contribution in [3.8, 4) is 0 Å². The summed E-state index contributed by atoms with van der Waals surface area (Å²) in [6.07, 6.45) is -1.58. The molecule has 0 spiro atoms. The smallest absolute Gasteiger partial charge is 0.422 e. The summed E-state index contributed by atoms with van der Waals surface area (Å²) in [6.45, 7) is 6.42. The van der Waals surface area contributed by atoms with E-state index in [0.29, 0.717) is 0 Å². The summed E-state index contributed by atoms with van der Waals surface area (Å²) in [6, 6.07) is -1.09. The van der Waals surface area contributed by atoms with Gasteiger partial charge in [0.05, 0.1) is 13.2 Å². The van der Waals surface area contributed by atoms with Crippen LogP contribution in [0.4, 0.5) is 4.79 Å². The van der Waals surface area contributed by atoms with Crippen molar-refractivity contribution >= 4 is 22.3 Å². The minimum Gasteiger partial charge on any atom is -0.468 e. The Labute approximate surface area is 113 Å². The van der Waals surface area contributed by atoms with Crippen LogP contribution in [-0.2, 0) is 24.5 Å². The van der Waals surface area contributed by atoms with E-state index in [-0.39, 0.29) is 5.92 Å². The molecule has 0 saturated heterocycles. The minimum atomic E-state index is -4.20. The van der Waals surface area contributed by atoms with Gasteiger partial charge in [0.15, 0.2) is 0 Å². The molecule has 0 aliphatic carbocycles. The lowest BCUT2D eigenvalue weighted by Gasteiger charge is -2.19. The topological polar surface area (TPSA) is 111 Å². The maximum Gasteiger partial charge on any atom is 0.422 e. The van der Waals surface area contributed by atoms with Gasteiger partial charge in [0.25, 0.3) is 0 Å². The van der Waals surface area contributed by atoms with Gasteiger partial charge in [-0.3, -0.25) is 4.79 Å². The molecule has 0 heterocycles. The third-order valence-electron chi connectivity index (χ3n) is 1.96. The molecule has 0 aliphatic heterocycles. The largest absolute Gasteiger partial charge is 0.468 e. The van der Waals surface area contributed by atoms with Crippen LogP contribution in [0.2, 0.25) is 0 Å². The van der Waals surface area contributed by atoms with Crippen molar-refractivity contribution in [2.75, 3.05) is 7.11 Å². The van der Waals surface area contributed by atoms with Gasteiger partial charge in [-0.05, 0) is 19.8 Å². The van der Waals surface area contributed by atoms with Crippen molar-refractivity contribution in [2.45, 2.75) is 39.8 Å². The lowest BCUT2D eigenvalue weighted by atomic mass is 10.1. The number of hydrogen-bond donors (Lipinski definition) is 2. The predicted octanol–water partition coefficient (Wildman–Crippen LogP) is 0.153. The zero-order valence-electron chi connectivity index (χ0n) is 11.6. The Hall–Kier alpha value is -1.35. The van der Waals surface area contributed by atoms with E-state index >= 15 is 0 Å². The van der Waals surface area contributed by atoms with Crippen molar-refractivity contribution in [3.63, 3.8) is 0 Å². The van der Waals surface area contributed by atoms with Crippen LogP contribution in [0.1, 0.15) is 27.7 Å². The number of esters is 1. The van der Waals surface area contributed by atoms with E-state index in [1.807, 2.05) is 4.72 Å². The highest BCUT2D eigenvalue weighted by atomic mass is 32.2. The van der Waals surface area contributed by atoms with E-state index in [9.17, 15) is 18.0 Å². The van der Waals surface area contributed by atoms with Crippen molar-refractivity contribution in [1.29, 1.82) is 0 Å². The Bertz CT molecular complexity index is 418. The van der Waals surface area contributed by atoms with Gasteiger partial charge in [-0.1, -0.05) is 13.8 Å². The van der Waals surface area contributed by atoms with Crippen LogP contribution in [0.15, 0.2) is 0 Å². The Balaban J connectivity index is 4.74. The van der Waals surface area contributed by atoms with Gasteiger partial charge in [-0.15, -0.1) is 0 Å². The van der Waals surface area contributed by atoms with Gasteiger partial charge in [0.1, 0.15) is 6.04 Å². The normalized spacial score (nSPS) is 13.2. The van der Waals surface area contributed by atoms with E-state index in [1.165, 1.54) is 0 Å². The van der Waals surface area contributed by atoms with E-state index < -0.39 is 34.4 Å². The number of nitrogens with one attached hydrogen (secondary N) is 2. The Kier molecular flexibility index (Phi) is 6.77. The average molecular weight is 296 g/mol. The number of hydrogen-bond acceptors (Lipinski definition) is 6. The average Bonchev–Trinajstić information content (AvgIpc) is 2.22. The quantitative estimate of drug-likeness (QED) is 0.675. The van der Waals surface area contributed by atoms with Crippen molar-refractivity contribution < 1.29 is 27.5 Å². The van der Waals surface area contributed by atoms with E-state index in [1.54, 1.807) is 32.4 Å². The zero-order chi connectivity index (χ0) is 15.2. The molecular weight excluding hydrogens is 276 g/mol. The standard InChI is InChI=1S/C10H20N2O6S/c1-6(2)8(9(13)17-5)11-19(15,16)12-10(14)18-7(3)4/h6-8,11H,1-5H3,(H,12,14). The van der Waals surface area contributed by atoms with Gasteiger partial charge >= 0.3 is 22.3 Å². The Morgan fingerprint density at radius 3 is 2.00 bits per heavy atom. The molecule has 19 heavy (non-hydrogen) atoms. The van der Waals surface area contributed by atoms with Gasteiger partial charge in [-0.25, -0.2) is 9.52 Å². The summed E-state index contributed by atoms with van der Waals surface area (Å²) in [5.41, 5.74) is 0. The first-order chi connectivity index (χ1) is 8.59. The highest BCUT2D eigenvalue weighted by Gasteiger charge is 2.29. The maximum absolute atomic E-state index is 11.6. The van der Waals surface area contributed by atoms with Crippen LogP contribution < -0.4 is 9.44 Å². The summed E-state index contributed by atoms with van der Waals surface area (Å²) >= 11 is 0. The minimum absolute atomic E-state index is 0.342. The maximum atomic E-state index is 11.6. The molecule has 2 N–H and O–H groups in total. The predicted molar refractivity (Wildman–Crippen MR) is 67.5 cm³/mol. The van der Waals surface area contributed by atoms with Gasteiger partial charge in [0, 0.05) is 0 Å². The van der Waals surface area contributed by atoms with E-state index in [4.69, 9.17) is 0 Å². The third-order valence-corrected chi connectivity index (χ3v) is 2.96. The third kappa shape index (κ3) is 6.97. The number of amides is 1. The first-order valence-corrected chi connectivity index (χ1v) is 7.16.